The number of rotatable bonds is 4. The monoisotopic (exact) mass is 308 g/mol. The third kappa shape index (κ3) is 2.99. The first-order valence-electron chi connectivity index (χ1n) is 7.34. The molecule has 2 aromatic rings. The lowest BCUT2D eigenvalue weighted by Gasteiger charge is -2.13. The van der Waals surface area contributed by atoms with Crippen molar-refractivity contribution in [3.8, 4) is 0 Å². The van der Waals surface area contributed by atoms with Crippen molar-refractivity contribution < 1.29 is 14.4 Å². The van der Waals surface area contributed by atoms with Crippen LogP contribution < -0.4 is 5.32 Å². The van der Waals surface area contributed by atoms with Crippen LogP contribution in [0.1, 0.15) is 31.8 Å². The van der Waals surface area contributed by atoms with Gasteiger partial charge >= 0.3 is 0 Å². The predicted molar refractivity (Wildman–Crippen MR) is 84.8 cm³/mol. The zero-order valence-corrected chi connectivity index (χ0v) is 12.7. The molecule has 0 atom stereocenters. The molecule has 0 aliphatic carbocycles. The minimum atomic E-state index is -0.417. The van der Waals surface area contributed by atoms with E-state index < -0.39 is 11.8 Å². The van der Waals surface area contributed by atoms with Crippen molar-refractivity contribution in [3.63, 3.8) is 0 Å². The summed E-state index contributed by atoms with van der Waals surface area (Å²) >= 11 is 0. The number of carbonyl (C=O) groups excluding carboxylic acids is 3. The zero-order chi connectivity index (χ0) is 16.4. The Morgan fingerprint density at radius 2 is 1.70 bits per heavy atom. The summed E-state index contributed by atoms with van der Waals surface area (Å²) in [5.74, 6) is -1.19. The van der Waals surface area contributed by atoms with Crippen LogP contribution in [0.25, 0.3) is 0 Å². The lowest BCUT2D eigenvalue weighted by atomic mass is 10.1. The lowest BCUT2D eigenvalue weighted by molar-refractivity contribution is -0.121. The summed E-state index contributed by atoms with van der Waals surface area (Å²) in [6, 6.07) is 14.5. The van der Waals surface area contributed by atoms with Crippen LogP contribution in [0.2, 0.25) is 0 Å². The van der Waals surface area contributed by atoms with Gasteiger partial charge < -0.3 is 5.32 Å². The molecule has 3 rings (SSSR count). The van der Waals surface area contributed by atoms with Gasteiger partial charge in [-0.2, -0.15) is 0 Å². The molecule has 2 aromatic carbocycles. The van der Waals surface area contributed by atoms with Crippen molar-refractivity contribution in [1.29, 1.82) is 0 Å². The Morgan fingerprint density at radius 1 is 1.00 bits per heavy atom. The Labute approximate surface area is 133 Å². The number of nitrogens with one attached hydrogen (secondary N) is 1. The van der Waals surface area contributed by atoms with Crippen LogP contribution in [0.4, 0.5) is 0 Å². The maximum absolute atomic E-state index is 12.3. The molecule has 5 heteroatoms. The maximum Gasteiger partial charge on any atom is 0.262 e. The SMILES string of the molecule is Cc1ccc2c(c1)C(=O)N(CC(=O)NCc1ccccc1)C2=O. The highest BCUT2D eigenvalue weighted by atomic mass is 16.2. The van der Waals surface area contributed by atoms with Gasteiger partial charge in [0.15, 0.2) is 0 Å². The Morgan fingerprint density at radius 3 is 2.43 bits per heavy atom. The third-order valence-corrected chi connectivity index (χ3v) is 3.76. The molecule has 1 heterocycles. The summed E-state index contributed by atoms with van der Waals surface area (Å²) in [7, 11) is 0. The van der Waals surface area contributed by atoms with Crippen LogP contribution in [0.3, 0.4) is 0 Å². The standard InChI is InChI=1S/C18H16N2O3/c1-12-7-8-14-15(9-12)18(23)20(17(14)22)11-16(21)19-10-13-5-3-2-4-6-13/h2-9H,10-11H2,1H3,(H,19,21). The van der Waals surface area contributed by atoms with Crippen LogP contribution in [-0.2, 0) is 11.3 Å². The summed E-state index contributed by atoms with van der Waals surface area (Å²) in [4.78, 5) is 37.6. The Bertz CT molecular complexity index is 784. The Kier molecular flexibility index (Phi) is 3.93. The molecule has 1 aliphatic heterocycles. The summed E-state index contributed by atoms with van der Waals surface area (Å²) in [6.45, 7) is 1.95. The van der Waals surface area contributed by atoms with E-state index in [0.717, 1.165) is 16.0 Å². The molecule has 5 nitrogen and oxygen atoms in total. The van der Waals surface area contributed by atoms with E-state index in [9.17, 15) is 14.4 Å². The molecule has 0 radical (unpaired) electrons. The normalized spacial score (nSPS) is 13.2. The summed E-state index contributed by atoms with van der Waals surface area (Å²) in [5.41, 5.74) is 2.58. The molecule has 23 heavy (non-hydrogen) atoms. The first-order valence-corrected chi connectivity index (χ1v) is 7.34. The van der Waals surface area contributed by atoms with E-state index in [2.05, 4.69) is 5.32 Å². The fourth-order valence-corrected chi connectivity index (χ4v) is 2.54. The van der Waals surface area contributed by atoms with E-state index >= 15 is 0 Å². The van der Waals surface area contributed by atoms with Crippen LogP contribution in [-0.4, -0.2) is 29.2 Å². The van der Waals surface area contributed by atoms with Crippen molar-refractivity contribution in [2.75, 3.05) is 6.54 Å². The van der Waals surface area contributed by atoms with Crippen molar-refractivity contribution in [1.82, 2.24) is 10.2 Å². The molecule has 0 unspecified atom stereocenters. The number of hydrogen-bond donors (Lipinski definition) is 1. The van der Waals surface area contributed by atoms with E-state index in [1.54, 1.807) is 18.2 Å². The number of imide groups is 1. The van der Waals surface area contributed by atoms with Gasteiger partial charge in [0.2, 0.25) is 5.91 Å². The Balaban J connectivity index is 1.66. The number of fused-ring (bicyclic) bond motifs is 1. The van der Waals surface area contributed by atoms with E-state index in [4.69, 9.17) is 0 Å². The highest BCUT2D eigenvalue weighted by Gasteiger charge is 2.36. The number of hydrogen-bond acceptors (Lipinski definition) is 3. The maximum atomic E-state index is 12.3. The van der Waals surface area contributed by atoms with Crippen LogP contribution in [0.5, 0.6) is 0 Å². The Hall–Kier alpha value is -2.95. The predicted octanol–water partition coefficient (Wildman–Crippen LogP) is 1.91. The molecule has 116 valence electrons. The van der Waals surface area contributed by atoms with Gasteiger partial charge in [0.05, 0.1) is 11.1 Å². The molecular formula is C18H16N2O3. The molecule has 1 N–H and O–H groups in total. The third-order valence-electron chi connectivity index (χ3n) is 3.76. The number of aryl methyl sites for hydroxylation is 1. The van der Waals surface area contributed by atoms with Gasteiger partial charge in [-0.25, -0.2) is 0 Å². The fraction of sp³-hybridized carbons (Fsp3) is 0.167. The van der Waals surface area contributed by atoms with Gasteiger partial charge in [0.1, 0.15) is 6.54 Å². The van der Waals surface area contributed by atoms with E-state index in [1.807, 2.05) is 37.3 Å². The lowest BCUT2D eigenvalue weighted by Crippen LogP contribution is -2.40. The van der Waals surface area contributed by atoms with Crippen molar-refractivity contribution in [2.45, 2.75) is 13.5 Å². The van der Waals surface area contributed by atoms with Gasteiger partial charge in [0, 0.05) is 6.54 Å². The summed E-state index contributed by atoms with van der Waals surface area (Å²) in [6.07, 6.45) is 0. The average molecular weight is 308 g/mol. The highest BCUT2D eigenvalue weighted by Crippen LogP contribution is 2.23. The van der Waals surface area contributed by atoms with Gasteiger partial charge in [0.25, 0.3) is 11.8 Å². The quantitative estimate of drug-likeness (QED) is 0.877. The minimum absolute atomic E-state index is 0.266. The molecule has 0 fully saturated rings. The second-order valence-electron chi connectivity index (χ2n) is 5.51. The zero-order valence-electron chi connectivity index (χ0n) is 12.7. The van der Waals surface area contributed by atoms with Crippen LogP contribution in [0, 0.1) is 6.92 Å². The van der Waals surface area contributed by atoms with E-state index in [1.165, 1.54) is 0 Å². The van der Waals surface area contributed by atoms with Gasteiger partial charge in [-0.1, -0.05) is 42.0 Å². The number of carbonyl (C=O) groups is 3. The minimum Gasteiger partial charge on any atom is -0.350 e. The van der Waals surface area contributed by atoms with Crippen molar-refractivity contribution in [3.05, 3.63) is 70.8 Å². The molecule has 1 aliphatic rings. The average Bonchev–Trinajstić information content (AvgIpc) is 2.78. The summed E-state index contributed by atoms with van der Waals surface area (Å²) < 4.78 is 0. The second kappa shape index (κ2) is 6.04. The largest absolute Gasteiger partial charge is 0.350 e. The molecule has 0 bridgehead atoms. The number of amides is 3. The smallest absolute Gasteiger partial charge is 0.262 e. The topological polar surface area (TPSA) is 66.5 Å². The van der Waals surface area contributed by atoms with Crippen molar-refractivity contribution >= 4 is 17.7 Å². The van der Waals surface area contributed by atoms with Crippen LogP contribution >= 0.6 is 0 Å². The van der Waals surface area contributed by atoms with E-state index in [-0.39, 0.29) is 12.5 Å². The molecular weight excluding hydrogens is 292 g/mol. The molecule has 0 saturated carbocycles. The first-order chi connectivity index (χ1) is 11.1. The summed E-state index contributed by atoms with van der Waals surface area (Å²) in [5, 5.41) is 2.72. The molecule has 3 amide bonds. The van der Waals surface area contributed by atoms with Crippen LogP contribution in [0.15, 0.2) is 48.5 Å². The number of nitrogens with zero attached hydrogens (tertiary/aromatic N) is 1. The molecule has 0 saturated heterocycles. The van der Waals surface area contributed by atoms with Gasteiger partial charge in [-0.15, -0.1) is 0 Å². The molecule has 0 spiro atoms. The van der Waals surface area contributed by atoms with E-state index in [0.29, 0.717) is 17.7 Å². The van der Waals surface area contributed by atoms with Gasteiger partial charge in [-0.05, 0) is 24.6 Å². The highest BCUT2D eigenvalue weighted by molar-refractivity contribution is 6.22. The first kappa shape index (κ1) is 15.0. The fourth-order valence-electron chi connectivity index (χ4n) is 2.54. The van der Waals surface area contributed by atoms with Gasteiger partial charge in [-0.3, -0.25) is 19.3 Å². The van der Waals surface area contributed by atoms with Crippen molar-refractivity contribution in [2.24, 2.45) is 0 Å². The molecule has 0 aromatic heterocycles. The number of benzene rings is 2. The second-order valence-corrected chi connectivity index (χ2v) is 5.51.